The van der Waals surface area contributed by atoms with Crippen LogP contribution in [0.4, 0.5) is 0 Å². The molecule has 61 heavy (non-hydrogen) atoms. The zero-order valence-corrected chi connectivity index (χ0v) is 34.2. The Bertz CT molecular complexity index is 2970. The number of ether oxygens (including phenoxy) is 2. The van der Waals surface area contributed by atoms with Gasteiger partial charge in [0.25, 0.3) is 0 Å². The van der Waals surface area contributed by atoms with Gasteiger partial charge in [-0.25, -0.2) is 0 Å². The van der Waals surface area contributed by atoms with Crippen LogP contribution in [0.25, 0.3) is 28.5 Å². The maximum absolute atomic E-state index is 10.5. The second-order valence-electron chi connectivity index (χ2n) is 17.5. The highest BCUT2D eigenvalue weighted by atomic mass is 16.5. The highest BCUT2D eigenvalue weighted by Gasteiger charge is 2.46. The van der Waals surface area contributed by atoms with E-state index in [1.54, 1.807) is 12.1 Å². The molecular formula is C56H48O5. The lowest BCUT2D eigenvalue weighted by Crippen LogP contribution is -2.43. The molecule has 0 saturated heterocycles. The number of hydrogen-bond acceptors (Lipinski definition) is 5. The van der Waals surface area contributed by atoms with E-state index in [1.165, 1.54) is 33.4 Å². The first-order valence-electron chi connectivity index (χ1n) is 21.6. The van der Waals surface area contributed by atoms with Crippen LogP contribution in [0, 0.1) is 17.8 Å². The third-order valence-electron chi connectivity index (χ3n) is 13.8. The molecule has 0 aromatic heterocycles. The first-order chi connectivity index (χ1) is 29.8. The lowest BCUT2D eigenvalue weighted by Gasteiger charge is -2.46. The molecule has 0 saturated carbocycles. The normalized spacial score (nSPS) is 25.6. The van der Waals surface area contributed by atoms with Gasteiger partial charge in [-0.3, -0.25) is 0 Å². The lowest BCUT2D eigenvalue weighted by atomic mass is 9.63. The molecule has 3 N–H and O–H groups in total. The largest absolute Gasteiger partial charge is 0.508 e. The SMILES string of the molecule is C=C/C=C(\C=C/Cc1ccc(C2c3c(ccc4cc(O)ccc34)O[C@H]3CC=C4C=C(O)C=C[C@H]4C23)cc1)C1C2=c3ccc(O)cc3=CC[C@@H]2Oc2ccc3c(c21)C=CC(C)C3. The molecule has 0 spiro atoms. The smallest absolute Gasteiger partial charge is 0.125 e. The minimum Gasteiger partial charge on any atom is -0.508 e. The fourth-order valence-electron chi connectivity index (χ4n) is 11.2. The van der Waals surface area contributed by atoms with Gasteiger partial charge in [0.05, 0.1) is 0 Å². The van der Waals surface area contributed by atoms with E-state index in [1.807, 2.05) is 42.5 Å². The van der Waals surface area contributed by atoms with Gasteiger partial charge in [0, 0.05) is 47.6 Å². The van der Waals surface area contributed by atoms with E-state index in [4.69, 9.17) is 9.47 Å². The van der Waals surface area contributed by atoms with E-state index in [0.717, 1.165) is 75.1 Å². The molecule has 2 aliphatic heterocycles. The van der Waals surface area contributed by atoms with Gasteiger partial charge in [-0.15, -0.1) is 0 Å². The summed E-state index contributed by atoms with van der Waals surface area (Å²) in [7, 11) is 0. The van der Waals surface area contributed by atoms with Crippen LogP contribution in [-0.4, -0.2) is 27.5 Å². The van der Waals surface area contributed by atoms with Crippen molar-refractivity contribution in [1.82, 2.24) is 0 Å². The van der Waals surface area contributed by atoms with Crippen molar-refractivity contribution < 1.29 is 24.8 Å². The molecule has 0 radical (unpaired) electrons. The Morgan fingerprint density at radius 1 is 0.820 bits per heavy atom. The molecule has 7 atom stereocenters. The summed E-state index contributed by atoms with van der Waals surface area (Å²) in [5.41, 5.74) is 10.9. The molecule has 4 aliphatic carbocycles. The van der Waals surface area contributed by atoms with Crippen LogP contribution in [0.1, 0.15) is 65.0 Å². The van der Waals surface area contributed by atoms with Gasteiger partial charge in [0.1, 0.15) is 41.0 Å². The summed E-state index contributed by atoms with van der Waals surface area (Å²) < 4.78 is 13.7. The predicted octanol–water partition coefficient (Wildman–Crippen LogP) is 10.7. The molecule has 4 unspecified atom stereocenters. The third-order valence-corrected chi connectivity index (χ3v) is 13.8. The summed E-state index contributed by atoms with van der Waals surface area (Å²) in [5, 5.41) is 35.5. The quantitative estimate of drug-likeness (QED) is 0.149. The van der Waals surface area contributed by atoms with Gasteiger partial charge in [-0.1, -0.05) is 117 Å². The molecule has 11 rings (SSSR count). The van der Waals surface area contributed by atoms with Crippen LogP contribution in [-0.2, 0) is 12.8 Å². The molecule has 0 fully saturated rings. The Morgan fingerprint density at radius 3 is 2.51 bits per heavy atom. The fourth-order valence-corrected chi connectivity index (χ4v) is 11.2. The van der Waals surface area contributed by atoms with Gasteiger partial charge in [-0.05, 0) is 127 Å². The van der Waals surface area contributed by atoms with Crippen molar-refractivity contribution in [3.63, 3.8) is 0 Å². The number of benzene rings is 5. The van der Waals surface area contributed by atoms with Crippen molar-refractivity contribution in [3.8, 4) is 23.0 Å². The second kappa shape index (κ2) is 14.8. The van der Waals surface area contributed by atoms with Gasteiger partial charge in [-0.2, -0.15) is 0 Å². The Balaban J connectivity index is 0.965. The Labute approximate surface area is 356 Å². The number of phenols is 2. The van der Waals surface area contributed by atoms with E-state index in [-0.39, 0.29) is 53.1 Å². The van der Waals surface area contributed by atoms with Crippen molar-refractivity contribution in [2.24, 2.45) is 17.8 Å². The van der Waals surface area contributed by atoms with Crippen LogP contribution in [0.15, 0.2) is 163 Å². The number of aliphatic hydroxyl groups excluding tert-OH is 1. The van der Waals surface area contributed by atoms with Gasteiger partial charge >= 0.3 is 0 Å². The predicted molar refractivity (Wildman–Crippen MR) is 244 cm³/mol. The summed E-state index contributed by atoms with van der Waals surface area (Å²) in [4.78, 5) is 0. The second-order valence-corrected chi connectivity index (χ2v) is 17.5. The molecule has 5 aromatic rings. The van der Waals surface area contributed by atoms with Crippen LogP contribution >= 0.6 is 0 Å². The molecule has 2 heterocycles. The highest BCUT2D eigenvalue weighted by Crippen LogP contribution is 2.55. The third kappa shape index (κ3) is 6.37. The number of aliphatic hydroxyl groups is 1. The Kier molecular flexibility index (Phi) is 9.03. The number of fused-ring (bicyclic) bond motifs is 11. The molecule has 0 amide bonds. The van der Waals surface area contributed by atoms with E-state index in [9.17, 15) is 15.3 Å². The van der Waals surface area contributed by atoms with E-state index in [0.29, 0.717) is 5.92 Å². The number of phenolic OH excluding ortho intramolecular Hbond substituents is 2. The number of allylic oxidation sites excluding steroid dienone is 10. The monoisotopic (exact) mass is 800 g/mol. The van der Waals surface area contributed by atoms with Gasteiger partial charge in [0.15, 0.2) is 0 Å². The maximum atomic E-state index is 10.5. The van der Waals surface area contributed by atoms with Gasteiger partial charge < -0.3 is 24.8 Å². The first kappa shape index (κ1) is 37.3. The summed E-state index contributed by atoms with van der Waals surface area (Å²) >= 11 is 0. The molecule has 0 bridgehead atoms. The summed E-state index contributed by atoms with van der Waals surface area (Å²) in [6, 6.07) is 29.0. The average Bonchev–Trinajstić information content (AvgIpc) is 3.27. The summed E-state index contributed by atoms with van der Waals surface area (Å²) in [6.45, 7) is 6.45. The van der Waals surface area contributed by atoms with Crippen molar-refractivity contribution in [3.05, 3.63) is 207 Å². The minimum atomic E-state index is -0.118. The Morgan fingerprint density at radius 2 is 1.64 bits per heavy atom. The van der Waals surface area contributed by atoms with E-state index in [2.05, 4.69) is 111 Å². The zero-order valence-electron chi connectivity index (χ0n) is 34.2. The first-order valence-corrected chi connectivity index (χ1v) is 21.6. The van der Waals surface area contributed by atoms with E-state index >= 15 is 0 Å². The molecule has 5 nitrogen and oxygen atoms in total. The molecule has 5 aromatic carbocycles. The average molecular weight is 801 g/mol. The molecular weight excluding hydrogens is 753 g/mol. The van der Waals surface area contributed by atoms with Crippen LogP contribution in [0.2, 0.25) is 0 Å². The number of rotatable bonds is 6. The Hall–Kier alpha value is -6.72. The van der Waals surface area contributed by atoms with Crippen molar-refractivity contribution in [1.29, 1.82) is 0 Å². The topological polar surface area (TPSA) is 79.2 Å². The fraction of sp³-hybridized carbons (Fsp3) is 0.214. The standard InChI is InChI=1S/C56H48O5/c1-3-5-34(51-53-43-20-8-32(2)28-36(43)13-24-47(53)60-48-25-14-37-29-40(57)17-21-44(37)54(48)51)7-4-6-33-9-11-35(12-10-33)52-55-45-22-18-41(58)30-38(45)15-26-49(55)61-50-27-16-39-31-42(59)19-23-46(39)56(50)52/h3-5,7-24,26,29-32,46,48,50-52,56-59H,1,6,25,27-28H2,2H3/b7-4-,34-5+/t32?,46-,48+,50+,51?,52?,56?/m1/s1. The van der Waals surface area contributed by atoms with Crippen LogP contribution in [0.3, 0.4) is 0 Å². The van der Waals surface area contributed by atoms with Crippen LogP contribution < -0.4 is 19.9 Å². The summed E-state index contributed by atoms with van der Waals surface area (Å²) in [6.07, 6.45) is 26.6. The zero-order chi connectivity index (χ0) is 41.4. The van der Waals surface area contributed by atoms with Crippen LogP contribution in [0.5, 0.6) is 23.0 Å². The number of aromatic hydroxyl groups is 2. The highest BCUT2D eigenvalue weighted by molar-refractivity contribution is 5.90. The van der Waals surface area contributed by atoms with E-state index < -0.39 is 0 Å². The molecule has 5 heteroatoms. The number of hydrogen-bond donors (Lipinski definition) is 3. The van der Waals surface area contributed by atoms with Crippen molar-refractivity contribution in [2.45, 2.75) is 56.7 Å². The summed E-state index contributed by atoms with van der Waals surface area (Å²) in [5.74, 6) is 3.27. The maximum Gasteiger partial charge on any atom is 0.125 e. The molecule has 302 valence electrons. The van der Waals surface area contributed by atoms with Crippen molar-refractivity contribution >= 4 is 28.5 Å². The van der Waals surface area contributed by atoms with Crippen molar-refractivity contribution in [2.75, 3.05) is 0 Å². The minimum absolute atomic E-state index is 0.0196. The van der Waals surface area contributed by atoms with Gasteiger partial charge in [0.2, 0.25) is 0 Å². The lowest BCUT2D eigenvalue weighted by molar-refractivity contribution is 0.0790. The molecule has 6 aliphatic rings.